The molecule has 0 aliphatic carbocycles. The molecule has 0 spiro atoms. The molecule has 0 amide bonds. The van der Waals surface area contributed by atoms with E-state index in [1.807, 2.05) is 25.1 Å². The molecule has 0 saturated carbocycles. The molecule has 0 saturated heterocycles. The Morgan fingerprint density at radius 1 is 1.21 bits per heavy atom. The van der Waals surface area contributed by atoms with Gasteiger partial charge in [-0.25, -0.2) is 18.1 Å². The molecule has 1 aliphatic heterocycles. The van der Waals surface area contributed by atoms with Gasteiger partial charge in [0.05, 0.1) is 4.90 Å². The first-order valence-corrected chi connectivity index (χ1v) is 10.9. The summed E-state index contributed by atoms with van der Waals surface area (Å²) in [5.74, 6) is 1.24. The number of aromatic nitrogens is 2. The van der Waals surface area contributed by atoms with Crippen LogP contribution in [0.15, 0.2) is 77.5 Å². The zero-order valence-electron chi connectivity index (χ0n) is 16.6. The molecule has 0 bridgehead atoms. The average molecular weight is 412 g/mol. The van der Waals surface area contributed by atoms with E-state index in [0.29, 0.717) is 11.6 Å². The molecule has 2 aromatic rings. The molecule has 1 aromatic carbocycles. The Labute approximate surface area is 171 Å². The van der Waals surface area contributed by atoms with E-state index in [-0.39, 0.29) is 4.90 Å². The van der Waals surface area contributed by atoms with Gasteiger partial charge in [0.1, 0.15) is 5.82 Å². The summed E-state index contributed by atoms with van der Waals surface area (Å²) in [6, 6.07) is 8.31. The normalized spacial score (nSPS) is 15.0. The second-order valence-corrected chi connectivity index (χ2v) is 8.35. The van der Waals surface area contributed by atoms with Gasteiger partial charge in [0.25, 0.3) is 0 Å². The van der Waals surface area contributed by atoms with Crippen molar-refractivity contribution in [2.24, 2.45) is 0 Å². The second-order valence-electron chi connectivity index (χ2n) is 6.47. The molecule has 2 N–H and O–H groups in total. The average Bonchev–Trinajstić information content (AvgIpc) is 2.74. The Kier molecular flexibility index (Phi) is 6.46. The van der Waals surface area contributed by atoms with Crippen molar-refractivity contribution in [3.8, 4) is 0 Å². The van der Waals surface area contributed by atoms with Gasteiger partial charge in [0.15, 0.2) is 0 Å². The maximum Gasteiger partial charge on any atom is 0.240 e. The van der Waals surface area contributed by atoms with E-state index >= 15 is 0 Å². The van der Waals surface area contributed by atoms with Crippen LogP contribution in [0.4, 0.5) is 17.5 Å². The van der Waals surface area contributed by atoms with E-state index < -0.39 is 10.0 Å². The summed E-state index contributed by atoms with van der Waals surface area (Å²) in [5, 5.41) is 3.13. The van der Waals surface area contributed by atoms with Gasteiger partial charge in [0, 0.05) is 24.1 Å². The quantitative estimate of drug-likeness (QED) is 0.722. The summed E-state index contributed by atoms with van der Waals surface area (Å²) in [6.07, 6.45) is 9.72. The minimum absolute atomic E-state index is 0.201. The van der Waals surface area contributed by atoms with Crippen molar-refractivity contribution in [3.63, 3.8) is 0 Å². The van der Waals surface area contributed by atoms with Crippen LogP contribution >= 0.6 is 0 Å². The fourth-order valence-electron chi connectivity index (χ4n) is 3.17. The molecule has 8 heteroatoms. The van der Waals surface area contributed by atoms with E-state index in [9.17, 15) is 8.42 Å². The molecule has 2 heterocycles. The third-order valence-electron chi connectivity index (χ3n) is 4.63. The molecule has 0 fully saturated rings. The lowest BCUT2D eigenvalue weighted by Gasteiger charge is -2.31. The number of anilines is 3. The maximum absolute atomic E-state index is 11.8. The van der Waals surface area contributed by atoms with Gasteiger partial charge in [-0.15, -0.1) is 0 Å². The first kappa shape index (κ1) is 20.8. The Morgan fingerprint density at radius 2 is 1.97 bits per heavy atom. The van der Waals surface area contributed by atoms with Gasteiger partial charge in [-0.3, -0.25) is 0 Å². The van der Waals surface area contributed by atoms with E-state index in [2.05, 4.69) is 37.6 Å². The van der Waals surface area contributed by atoms with Crippen LogP contribution in [-0.4, -0.2) is 32.0 Å². The number of hydrogen-bond acceptors (Lipinski definition) is 6. The second kappa shape index (κ2) is 9.02. The molecular weight excluding hydrogens is 386 g/mol. The van der Waals surface area contributed by atoms with Crippen LogP contribution in [0.1, 0.15) is 19.8 Å². The van der Waals surface area contributed by atoms with Crippen LogP contribution in [0, 0.1) is 0 Å². The summed E-state index contributed by atoms with van der Waals surface area (Å²) >= 11 is 0. The van der Waals surface area contributed by atoms with Gasteiger partial charge in [-0.2, -0.15) is 4.98 Å². The van der Waals surface area contributed by atoms with Gasteiger partial charge in [-0.1, -0.05) is 18.7 Å². The van der Waals surface area contributed by atoms with Crippen LogP contribution < -0.4 is 14.9 Å². The Morgan fingerprint density at radius 3 is 2.62 bits per heavy atom. The summed E-state index contributed by atoms with van der Waals surface area (Å²) < 4.78 is 26.0. The molecule has 1 aliphatic rings. The van der Waals surface area contributed by atoms with Crippen molar-refractivity contribution in [3.05, 3.63) is 72.6 Å². The number of nitrogens with zero attached hydrogens (tertiary/aromatic N) is 3. The third-order valence-corrected chi connectivity index (χ3v) is 6.06. The summed E-state index contributed by atoms with van der Waals surface area (Å²) in [6.45, 7) is 6.79. The standard InChI is InChI=1S/C21H25N5O2S/c1-4-7-19-16(5-2)8-6-15-26(19)20-13-14-23-21(25-20)24-17-9-11-18(12-10-17)29(27,28)22-3/h4-5,7,9-14,22H,2,6,8,15H2,1,3H3,(H,23,24,25)/b7-4-. The van der Waals surface area contributed by atoms with Crippen LogP contribution in [0.5, 0.6) is 0 Å². The SMILES string of the molecule is C=CC1=C(/C=C\C)N(c2ccnc(Nc3ccc(S(=O)(=O)NC)cc3)n2)CCC1. The predicted octanol–water partition coefficient (Wildman–Crippen LogP) is 3.74. The van der Waals surface area contributed by atoms with Crippen molar-refractivity contribution in [2.45, 2.75) is 24.7 Å². The number of benzene rings is 1. The topological polar surface area (TPSA) is 87.2 Å². The highest BCUT2D eigenvalue weighted by Gasteiger charge is 2.19. The van der Waals surface area contributed by atoms with Crippen molar-refractivity contribution < 1.29 is 8.42 Å². The number of sulfonamides is 1. The van der Waals surface area contributed by atoms with E-state index in [4.69, 9.17) is 0 Å². The highest BCUT2D eigenvalue weighted by molar-refractivity contribution is 7.89. The maximum atomic E-state index is 11.8. The molecule has 0 radical (unpaired) electrons. The van der Waals surface area contributed by atoms with Crippen LogP contribution in [0.2, 0.25) is 0 Å². The van der Waals surface area contributed by atoms with Gasteiger partial charge < -0.3 is 10.2 Å². The lowest BCUT2D eigenvalue weighted by molar-refractivity contribution is 0.588. The highest BCUT2D eigenvalue weighted by atomic mass is 32.2. The smallest absolute Gasteiger partial charge is 0.240 e. The number of rotatable bonds is 7. The van der Waals surface area contributed by atoms with E-state index in [1.54, 1.807) is 18.3 Å². The molecule has 152 valence electrons. The zero-order chi connectivity index (χ0) is 20.9. The Bertz CT molecular complexity index is 1040. The predicted molar refractivity (Wildman–Crippen MR) is 117 cm³/mol. The molecule has 1 aromatic heterocycles. The van der Waals surface area contributed by atoms with E-state index in [1.165, 1.54) is 24.8 Å². The number of nitrogens with one attached hydrogen (secondary N) is 2. The summed E-state index contributed by atoms with van der Waals surface area (Å²) in [7, 11) is -2.08. The largest absolute Gasteiger partial charge is 0.326 e. The molecule has 29 heavy (non-hydrogen) atoms. The van der Waals surface area contributed by atoms with Crippen molar-refractivity contribution >= 4 is 27.5 Å². The number of hydrogen-bond donors (Lipinski definition) is 2. The lowest BCUT2D eigenvalue weighted by Crippen LogP contribution is -2.28. The van der Waals surface area contributed by atoms with Crippen molar-refractivity contribution in [2.75, 3.05) is 23.8 Å². The Balaban J connectivity index is 1.85. The molecule has 7 nitrogen and oxygen atoms in total. The lowest BCUT2D eigenvalue weighted by atomic mass is 10.0. The number of allylic oxidation sites excluding steroid dienone is 4. The fraction of sp³-hybridized carbons (Fsp3) is 0.238. The zero-order valence-corrected chi connectivity index (χ0v) is 17.4. The summed E-state index contributed by atoms with van der Waals surface area (Å²) in [4.78, 5) is 11.3. The molecule has 0 atom stereocenters. The minimum atomic E-state index is -3.46. The first-order chi connectivity index (χ1) is 14.0. The monoisotopic (exact) mass is 411 g/mol. The van der Waals surface area contributed by atoms with Crippen LogP contribution in [0.3, 0.4) is 0 Å². The van der Waals surface area contributed by atoms with Gasteiger partial charge in [0.2, 0.25) is 16.0 Å². The van der Waals surface area contributed by atoms with Crippen molar-refractivity contribution in [1.82, 2.24) is 14.7 Å². The first-order valence-electron chi connectivity index (χ1n) is 9.38. The minimum Gasteiger partial charge on any atom is -0.326 e. The van der Waals surface area contributed by atoms with Gasteiger partial charge >= 0.3 is 0 Å². The molecule has 3 rings (SSSR count). The fourth-order valence-corrected chi connectivity index (χ4v) is 3.90. The molecular formula is C21H25N5O2S. The van der Waals surface area contributed by atoms with Crippen molar-refractivity contribution in [1.29, 1.82) is 0 Å². The third kappa shape index (κ3) is 4.72. The van der Waals surface area contributed by atoms with E-state index in [0.717, 1.165) is 30.9 Å². The molecule has 0 unspecified atom stereocenters. The Hall–Kier alpha value is -2.97. The highest BCUT2D eigenvalue weighted by Crippen LogP contribution is 2.29. The van der Waals surface area contributed by atoms with Crippen LogP contribution in [-0.2, 0) is 10.0 Å². The van der Waals surface area contributed by atoms with Gasteiger partial charge in [-0.05, 0) is 68.8 Å². The summed E-state index contributed by atoms with van der Waals surface area (Å²) in [5.41, 5.74) is 3.00. The van der Waals surface area contributed by atoms with Crippen LogP contribution in [0.25, 0.3) is 0 Å².